The minimum atomic E-state index is -0.781. The largest absolute Gasteiger partial charge is 0.381 e. The molecule has 1 unspecified atom stereocenters. The summed E-state index contributed by atoms with van der Waals surface area (Å²) >= 11 is 0. The van der Waals surface area contributed by atoms with Crippen LogP contribution in [0.1, 0.15) is 19.8 Å². The second-order valence-electron chi connectivity index (χ2n) is 3.13. The van der Waals surface area contributed by atoms with E-state index in [0.29, 0.717) is 0 Å². The van der Waals surface area contributed by atoms with Gasteiger partial charge in [-0.2, -0.15) is 0 Å². The Labute approximate surface area is 63.4 Å². The van der Waals surface area contributed by atoms with Gasteiger partial charge in [-0.25, -0.2) is 0 Å². The van der Waals surface area contributed by atoms with Crippen LogP contribution in [-0.2, 0) is 4.74 Å². The van der Waals surface area contributed by atoms with Crippen molar-refractivity contribution < 1.29 is 9.63 Å². The summed E-state index contributed by atoms with van der Waals surface area (Å²) in [5, 5.41) is 0.174. The van der Waals surface area contributed by atoms with E-state index in [9.17, 15) is 4.89 Å². The zero-order valence-electron chi connectivity index (χ0n) is 6.63. The molecule has 60 valence electrons. The van der Waals surface area contributed by atoms with Gasteiger partial charge >= 0.3 is 0 Å². The molecule has 0 aromatic carbocycles. The highest BCUT2D eigenvalue weighted by Crippen LogP contribution is 2.48. The predicted octanol–water partition coefficient (Wildman–Crippen LogP) is 1.57. The fraction of sp³-hybridized carbons (Fsp3) is 1.00. The summed E-state index contributed by atoms with van der Waals surface area (Å²) < 4.78 is 5.21. The SMILES string of the molecule is CP(O)C1(C)CCOCC1. The van der Waals surface area contributed by atoms with Gasteiger partial charge in [0.1, 0.15) is 0 Å². The third-order valence-electron chi connectivity index (χ3n) is 2.35. The van der Waals surface area contributed by atoms with E-state index in [1.807, 2.05) is 6.66 Å². The van der Waals surface area contributed by atoms with Crippen molar-refractivity contribution in [3.05, 3.63) is 0 Å². The van der Waals surface area contributed by atoms with Crippen LogP contribution in [0, 0.1) is 0 Å². The fourth-order valence-electron chi connectivity index (χ4n) is 1.13. The van der Waals surface area contributed by atoms with Gasteiger partial charge in [0.05, 0.1) is 0 Å². The molecule has 1 aliphatic rings. The molecule has 0 radical (unpaired) electrons. The van der Waals surface area contributed by atoms with Gasteiger partial charge in [0.15, 0.2) is 0 Å². The van der Waals surface area contributed by atoms with Crippen molar-refractivity contribution in [3.63, 3.8) is 0 Å². The van der Waals surface area contributed by atoms with Crippen LogP contribution >= 0.6 is 8.15 Å². The lowest BCUT2D eigenvalue weighted by molar-refractivity contribution is 0.0783. The van der Waals surface area contributed by atoms with Crippen molar-refractivity contribution in [2.75, 3.05) is 19.9 Å². The Hall–Kier alpha value is 0.350. The van der Waals surface area contributed by atoms with Crippen molar-refractivity contribution in [1.82, 2.24) is 0 Å². The van der Waals surface area contributed by atoms with Gasteiger partial charge in [-0.05, 0) is 19.5 Å². The number of ether oxygens (including phenoxy) is 1. The Morgan fingerprint density at radius 1 is 1.40 bits per heavy atom. The molecule has 0 bridgehead atoms. The van der Waals surface area contributed by atoms with Crippen LogP contribution in [0.4, 0.5) is 0 Å². The van der Waals surface area contributed by atoms with Gasteiger partial charge in [-0.1, -0.05) is 6.92 Å². The molecule has 1 fully saturated rings. The van der Waals surface area contributed by atoms with Gasteiger partial charge in [-0.15, -0.1) is 0 Å². The Bertz CT molecular complexity index is 108. The monoisotopic (exact) mass is 162 g/mol. The molecule has 0 aromatic rings. The zero-order chi connectivity index (χ0) is 7.61. The zero-order valence-corrected chi connectivity index (χ0v) is 7.53. The highest BCUT2D eigenvalue weighted by atomic mass is 31.1. The molecular weight excluding hydrogens is 147 g/mol. The first kappa shape index (κ1) is 8.45. The molecule has 0 amide bonds. The van der Waals surface area contributed by atoms with E-state index < -0.39 is 8.15 Å². The molecule has 3 heteroatoms. The summed E-state index contributed by atoms with van der Waals surface area (Å²) in [5.41, 5.74) is 0. The number of hydrogen-bond donors (Lipinski definition) is 1. The third kappa shape index (κ3) is 1.69. The van der Waals surface area contributed by atoms with Gasteiger partial charge < -0.3 is 9.63 Å². The van der Waals surface area contributed by atoms with Crippen LogP contribution < -0.4 is 0 Å². The lowest BCUT2D eigenvalue weighted by atomic mass is 10.0. The molecule has 1 atom stereocenters. The number of rotatable bonds is 1. The summed E-state index contributed by atoms with van der Waals surface area (Å²) in [7, 11) is -0.781. The highest BCUT2D eigenvalue weighted by Gasteiger charge is 2.32. The van der Waals surface area contributed by atoms with E-state index in [1.54, 1.807) is 0 Å². The normalized spacial score (nSPS) is 27.9. The summed E-state index contributed by atoms with van der Waals surface area (Å²) in [6, 6.07) is 0. The lowest BCUT2D eigenvalue weighted by Crippen LogP contribution is -2.30. The Morgan fingerprint density at radius 2 is 1.90 bits per heavy atom. The first-order valence-corrected chi connectivity index (χ1v) is 5.40. The van der Waals surface area contributed by atoms with Crippen LogP contribution in [0.5, 0.6) is 0 Å². The maximum absolute atomic E-state index is 9.45. The highest BCUT2D eigenvalue weighted by molar-refractivity contribution is 7.52. The summed E-state index contributed by atoms with van der Waals surface area (Å²) in [6.07, 6.45) is 2.04. The maximum atomic E-state index is 9.45. The molecule has 1 N–H and O–H groups in total. The topological polar surface area (TPSA) is 29.5 Å². The van der Waals surface area contributed by atoms with Crippen LogP contribution in [0.15, 0.2) is 0 Å². The molecule has 1 rings (SSSR count). The molecule has 0 aliphatic carbocycles. The molecule has 0 saturated carbocycles. The third-order valence-corrected chi connectivity index (χ3v) is 4.36. The molecular formula is C7H15O2P. The molecule has 10 heavy (non-hydrogen) atoms. The van der Waals surface area contributed by atoms with Crippen molar-refractivity contribution in [3.8, 4) is 0 Å². The van der Waals surface area contributed by atoms with Gasteiger partial charge in [0.25, 0.3) is 0 Å². The summed E-state index contributed by atoms with van der Waals surface area (Å²) in [4.78, 5) is 9.45. The van der Waals surface area contributed by atoms with E-state index in [-0.39, 0.29) is 5.16 Å². The second kappa shape index (κ2) is 3.17. The van der Waals surface area contributed by atoms with Gasteiger partial charge in [0.2, 0.25) is 0 Å². The standard InChI is InChI=1S/C7H15O2P/c1-7(10(2)8)3-5-9-6-4-7/h8H,3-6H2,1-2H3. The average molecular weight is 162 g/mol. The smallest absolute Gasteiger partial charge is 0.0475 e. The molecule has 1 heterocycles. The van der Waals surface area contributed by atoms with Crippen molar-refractivity contribution in [2.24, 2.45) is 0 Å². The average Bonchev–Trinajstić information content (AvgIpc) is 1.89. The van der Waals surface area contributed by atoms with Gasteiger partial charge in [0, 0.05) is 26.5 Å². The molecule has 2 nitrogen and oxygen atoms in total. The van der Waals surface area contributed by atoms with Gasteiger partial charge in [-0.3, -0.25) is 0 Å². The van der Waals surface area contributed by atoms with Crippen molar-refractivity contribution in [1.29, 1.82) is 0 Å². The number of hydrogen-bond acceptors (Lipinski definition) is 2. The van der Waals surface area contributed by atoms with E-state index in [1.165, 1.54) is 0 Å². The van der Waals surface area contributed by atoms with E-state index in [4.69, 9.17) is 4.74 Å². The molecule has 1 saturated heterocycles. The molecule has 1 aliphatic heterocycles. The predicted molar refractivity (Wildman–Crippen MR) is 43.5 cm³/mol. The fourth-order valence-corrected chi connectivity index (χ4v) is 1.96. The van der Waals surface area contributed by atoms with Crippen LogP contribution in [0.2, 0.25) is 0 Å². The molecule has 0 aromatic heterocycles. The lowest BCUT2D eigenvalue weighted by Gasteiger charge is -2.35. The van der Waals surface area contributed by atoms with Crippen LogP contribution in [-0.4, -0.2) is 29.9 Å². The molecule has 0 spiro atoms. The quantitative estimate of drug-likeness (QED) is 0.593. The van der Waals surface area contributed by atoms with E-state index in [2.05, 4.69) is 6.92 Å². The van der Waals surface area contributed by atoms with E-state index >= 15 is 0 Å². The van der Waals surface area contributed by atoms with Crippen molar-refractivity contribution >= 4 is 8.15 Å². The Kier molecular flexibility index (Phi) is 2.67. The first-order valence-electron chi connectivity index (χ1n) is 3.66. The summed E-state index contributed by atoms with van der Waals surface area (Å²) in [5.74, 6) is 0. The summed E-state index contributed by atoms with van der Waals surface area (Å²) in [6.45, 7) is 5.73. The minimum absolute atomic E-state index is 0.174. The first-order chi connectivity index (χ1) is 4.65. The minimum Gasteiger partial charge on any atom is -0.381 e. The maximum Gasteiger partial charge on any atom is 0.0475 e. The second-order valence-corrected chi connectivity index (χ2v) is 5.26. The van der Waals surface area contributed by atoms with E-state index in [0.717, 1.165) is 26.1 Å². The Morgan fingerprint density at radius 3 is 2.20 bits per heavy atom. The van der Waals surface area contributed by atoms with Crippen LogP contribution in [0.3, 0.4) is 0 Å². The van der Waals surface area contributed by atoms with Crippen molar-refractivity contribution in [2.45, 2.75) is 24.9 Å². The van der Waals surface area contributed by atoms with Crippen LogP contribution in [0.25, 0.3) is 0 Å². The Balaban J connectivity index is 2.48.